The number of hydrogen-bond acceptors (Lipinski definition) is 6. The standard InChI is InChI=1S/C18H14ClNO5S/c1-10-3-4-11(7-13(10)19)14-6-5-12(25-14)8-15-17(22)20(18(23)26-15)9-16(21)24-2/h3-8H,9H2,1-2H3/b15-8-. The van der Waals surface area contributed by atoms with Gasteiger partial charge in [-0.15, -0.1) is 0 Å². The Bertz CT molecular complexity index is 933. The number of hydrogen-bond donors (Lipinski definition) is 0. The van der Waals surface area contributed by atoms with Crippen molar-refractivity contribution in [3.05, 3.63) is 51.6 Å². The number of benzene rings is 1. The van der Waals surface area contributed by atoms with Crippen LogP contribution in [0.3, 0.4) is 0 Å². The molecular weight excluding hydrogens is 378 g/mol. The lowest BCUT2D eigenvalue weighted by molar-refractivity contribution is -0.143. The second kappa shape index (κ2) is 7.39. The number of carbonyl (C=O) groups excluding carboxylic acids is 3. The molecule has 26 heavy (non-hydrogen) atoms. The zero-order valence-corrected chi connectivity index (χ0v) is 15.5. The number of carbonyl (C=O) groups is 3. The molecular formula is C18H14ClNO5S. The molecule has 1 aromatic carbocycles. The lowest BCUT2D eigenvalue weighted by Crippen LogP contribution is -2.34. The average molecular weight is 392 g/mol. The first kappa shape index (κ1) is 18.3. The number of ether oxygens (including phenoxy) is 1. The van der Waals surface area contributed by atoms with Gasteiger partial charge in [-0.05, 0) is 42.4 Å². The number of aryl methyl sites for hydroxylation is 1. The summed E-state index contributed by atoms with van der Waals surface area (Å²) in [5.74, 6) is -0.209. The van der Waals surface area contributed by atoms with Gasteiger partial charge in [0.25, 0.3) is 11.1 Å². The highest BCUT2D eigenvalue weighted by Crippen LogP contribution is 2.33. The number of furan rings is 1. The van der Waals surface area contributed by atoms with Gasteiger partial charge in [0.05, 0.1) is 12.0 Å². The first-order chi connectivity index (χ1) is 12.4. The van der Waals surface area contributed by atoms with Gasteiger partial charge in [0.15, 0.2) is 0 Å². The van der Waals surface area contributed by atoms with Crippen molar-refractivity contribution in [2.75, 3.05) is 13.7 Å². The van der Waals surface area contributed by atoms with E-state index in [0.29, 0.717) is 16.5 Å². The summed E-state index contributed by atoms with van der Waals surface area (Å²) in [6.45, 7) is 1.49. The average Bonchev–Trinajstić information content (AvgIpc) is 3.18. The molecule has 2 aromatic rings. The number of methoxy groups -OCH3 is 1. The molecule has 0 aliphatic carbocycles. The normalized spacial score (nSPS) is 15.8. The molecule has 0 spiro atoms. The Hall–Kier alpha value is -2.51. The van der Waals surface area contributed by atoms with Gasteiger partial charge in [0, 0.05) is 16.7 Å². The van der Waals surface area contributed by atoms with Crippen LogP contribution in [0, 0.1) is 6.92 Å². The van der Waals surface area contributed by atoms with Crippen LogP contribution in [0.4, 0.5) is 4.79 Å². The fraction of sp³-hybridized carbons (Fsp3) is 0.167. The molecule has 3 rings (SSSR count). The summed E-state index contributed by atoms with van der Waals surface area (Å²) in [5, 5.41) is 0.105. The zero-order chi connectivity index (χ0) is 18.8. The van der Waals surface area contributed by atoms with Crippen molar-refractivity contribution in [2.45, 2.75) is 6.92 Å². The molecule has 0 bridgehead atoms. The minimum atomic E-state index is -0.662. The van der Waals surface area contributed by atoms with Crippen LogP contribution in [0.2, 0.25) is 5.02 Å². The Labute approximate surface area is 158 Å². The third-order valence-corrected chi connectivity index (χ3v) is 5.06. The highest BCUT2D eigenvalue weighted by atomic mass is 35.5. The van der Waals surface area contributed by atoms with Crippen molar-refractivity contribution < 1.29 is 23.5 Å². The van der Waals surface area contributed by atoms with Gasteiger partial charge in [0.2, 0.25) is 0 Å². The Balaban J connectivity index is 1.82. The van der Waals surface area contributed by atoms with E-state index in [2.05, 4.69) is 4.74 Å². The first-order valence-electron chi connectivity index (χ1n) is 7.57. The molecule has 6 nitrogen and oxygen atoms in total. The number of rotatable bonds is 4. The summed E-state index contributed by atoms with van der Waals surface area (Å²) >= 11 is 6.88. The van der Waals surface area contributed by atoms with E-state index in [1.807, 2.05) is 19.1 Å². The Morgan fingerprint density at radius 1 is 1.31 bits per heavy atom. The van der Waals surface area contributed by atoms with E-state index < -0.39 is 23.7 Å². The second-order valence-corrected chi connectivity index (χ2v) is 6.91. The molecule has 0 atom stereocenters. The molecule has 1 aliphatic heterocycles. The number of esters is 1. The van der Waals surface area contributed by atoms with Gasteiger partial charge in [-0.1, -0.05) is 23.7 Å². The summed E-state index contributed by atoms with van der Waals surface area (Å²) in [4.78, 5) is 36.5. The van der Waals surface area contributed by atoms with Crippen molar-refractivity contribution in [3.8, 4) is 11.3 Å². The molecule has 0 unspecified atom stereocenters. The number of nitrogens with zero attached hydrogens (tertiary/aromatic N) is 1. The van der Waals surface area contributed by atoms with Crippen molar-refractivity contribution >= 4 is 46.6 Å². The minimum Gasteiger partial charge on any atom is -0.468 e. The second-order valence-electron chi connectivity index (χ2n) is 5.51. The van der Waals surface area contributed by atoms with Crippen molar-refractivity contribution in [1.29, 1.82) is 0 Å². The maximum Gasteiger partial charge on any atom is 0.325 e. The fourth-order valence-electron chi connectivity index (χ4n) is 2.29. The lowest BCUT2D eigenvalue weighted by atomic mass is 10.1. The molecule has 2 amide bonds. The first-order valence-corrected chi connectivity index (χ1v) is 8.77. The molecule has 1 saturated heterocycles. The largest absolute Gasteiger partial charge is 0.468 e. The minimum absolute atomic E-state index is 0.182. The summed E-state index contributed by atoms with van der Waals surface area (Å²) < 4.78 is 10.2. The summed E-state index contributed by atoms with van der Waals surface area (Å²) in [5.41, 5.74) is 1.76. The van der Waals surface area contributed by atoms with E-state index >= 15 is 0 Å². The quantitative estimate of drug-likeness (QED) is 0.576. The Morgan fingerprint density at radius 2 is 2.08 bits per heavy atom. The van der Waals surface area contributed by atoms with Crippen LogP contribution in [0.25, 0.3) is 17.4 Å². The van der Waals surface area contributed by atoms with Gasteiger partial charge in [-0.2, -0.15) is 0 Å². The van der Waals surface area contributed by atoms with Gasteiger partial charge in [-0.3, -0.25) is 19.3 Å². The molecule has 0 saturated carbocycles. The molecule has 0 radical (unpaired) electrons. The smallest absolute Gasteiger partial charge is 0.325 e. The fourth-order valence-corrected chi connectivity index (χ4v) is 3.29. The SMILES string of the molecule is COC(=O)CN1C(=O)S/C(=C\c2ccc(-c3ccc(C)c(Cl)c3)o2)C1=O. The highest BCUT2D eigenvalue weighted by molar-refractivity contribution is 8.18. The third-order valence-electron chi connectivity index (χ3n) is 3.74. The number of halogens is 1. The highest BCUT2D eigenvalue weighted by Gasteiger charge is 2.36. The maximum atomic E-state index is 12.3. The van der Waals surface area contributed by atoms with E-state index in [1.54, 1.807) is 18.2 Å². The molecule has 1 aromatic heterocycles. The Kier molecular flexibility index (Phi) is 5.20. The van der Waals surface area contributed by atoms with Crippen LogP contribution in [0.1, 0.15) is 11.3 Å². The maximum absolute atomic E-state index is 12.3. The predicted octanol–water partition coefficient (Wildman–Crippen LogP) is 4.12. The number of thioether (sulfide) groups is 1. The van der Waals surface area contributed by atoms with Crippen LogP contribution >= 0.6 is 23.4 Å². The van der Waals surface area contributed by atoms with Gasteiger partial charge in [0.1, 0.15) is 18.1 Å². The van der Waals surface area contributed by atoms with Gasteiger partial charge in [-0.25, -0.2) is 0 Å². The number of imide groups is 1. The summed E-state index contributed by atoms with van der Waals surface area (Å²) in [6.07, 6.45) is 1.47. The van der Waals surface area contributed by atoms with Gasteiger partial charge >= 0.3 is 5.97 Å². The van der Waals surface area contributed by atoms with E-state index in [-0.39, 0.29) is 4.91 Å². The number of amides is 2. The molecule has 1 aliphatic rings. The Morgan fingerprint density at radius 3 is 2.77 bits per heavy atom. The van der Waals surface area contributed by atoms with Crippen LogP contribution in [0.5, 0.6) is 0 Å². The van der Waals surface area contributed by atoms with Gasteiger partial charge < -0.3 is 9.15 Å². The molecule has 8 heteroatoms. The monoisotopic (exact) mass is 391 g/mol. The molecule has 1 fully saturated rings. The van der Waals surface area contributed by atoms with Crippen LogP contribution < -0.4 is 0 Å². The van der Waals surface area contributed by atoms with Crippen LogP contribution in [-0.2, 0) is 14.3 Å². The summed E-state index contributed by atoms with van der Waals surface area (Å²) in [6, 6.07) is 9.01. The van der Waals surface area contributed by atoms with E-state index in [1.165, 1.54) is 13.2 Å². The molecule has 2 heterocycles. The topological polar surface area (TPSA) is 76.8 Å². The van der Waals surface area contributed by atoms with E-state index in [0.717, 1.165) is 27.8 Å². The zero-order valence-electron chi connectivity index (χ0n) is 13.9. The summed E-state index contributed by atoms with van der Waals surface area (Å²) in [7, 11) is 1.19. The molecule has 0 N–H and O–H groups in total. The van der Waals surface area contributed by atoms with E-state index in [9.17, 15) is 14.4 Å². The van der Waals surface area contributed by atoms with Crippen molar-refractivity contribution in [1.82, 2.24) is 4.90 Å². The van der Waals surface area contributed by atoms with Crippen molar-refractivity contribution in [3.63, 3.8) is 0 Å². The van der Waals surface area contributed by atoms with Crippen LogP contribution in [-0.4, -0.2) is 35.7 Å². The third kappa shape index (κ3) is 3.68. The predicted molar refractivity (Wildman–Crippen MR) is 98.6 cm³/mol. The van der Waals surface area contributed by atoms with Crippen LogP contribution in [0.15, 0.2) is 39.7 Å². The van der Waals surface area contributed by atoms with E-state index in [4.69, 9.17) is 16.0 Å². The lowest BCUT2D eigenvalue weighted by Gasteiger charge is -2.09. The molecule has 134 valence electrons. The van der Waals surface area contributed by atoms with Crippen molar-refractivity contribution in [2.24, 2.45) is 0 Å².